The Morgan fingerprint density at radius 2 is 2.00 bits per heavy atom. The molecule has 0 aliphatic carbocycles. The minimum absolute atomic E-state index is 0.164. The Balaban J connectivity index is 1.93. The number of carbonyl (C=O) groups excluding carboxylic acids is 1. The Hall–Kier alpha value is -1.73. The normalized spacial score (nSPS) is 26.2. The second-order valence-electron chi connectivity index (χ2n) is 5.41. The lowest BCUT2D eigenvalue weighted by molar-refractivity contribution is -0.127. The first-order valence-electron chi connectivity index (χ1n) is 7.07. The van der Waals surface area contributed by atoms with Gasteiger partial charge in [0.2, 0.25) is 0 Å². The lowest BCUT2D eigenvalue weighted by atomic mass is 10.1. The van der Waals surface area contributed by atoms with Gasteiger partial charge in [-0.15, -0.1) is 0 Å². The predicted octanol–water partition coefficient (Wildman–Crippen LogP) is 1.65. The number of rotatable bonds is 3. The van der Waals surface area contributed by atoms with E-state index in [0.29, 0.717) is 18.7 Å². The summed E-state index contributed by atoms with van der Waals surface area (Å²) in [5, 5.41) is 1.12. The Kier molecular flexibility index (Phi) is 4.01. The van der Waals surface area contributed by atoms with Crippen molar-refractivity contribution < 1.29 is 22.3 Å². The number of ether oxygens (including phenoxy) is 1. The van der Waals surface area contributed by atoms with Crippen LogP contribution in [0.4, 0.5) is 10.1 Å². The van der Waals surface area contributed by atoms with Gasteiger partial charge < -0.3 is 9.64 Å². The van der Waals surface area contributed by atoms with Gasteiger partial charge in [-0.2, -0.15) is 0 Å². The first kappa shape index (κ1) is 15.2. The molecular weight excluding hydrogens is 309 g/mol. The highest BCUT2D eigenvalue weighted by atomic mass is 32.2. The third-order valence-electron chi connectivity index (χ3n) is 3.79. The van der Waals surface area contributed by atoms with E-state index in [4.69, 9.17) is 4.74 Å². The van der Waals surface area contributed by atoms with Gasteiger partial charge in [0, 0.05) is 17.7 Å². The van der Waals surface area contributed by atoms with Crippen LogP contribution < -0.4 is 4.90 Å². The number of amides is 1. The van der Waals surface area contributed by atoms with Crippen molar-refractivity contribution in [3.05, 3.63) is 41.6 Å². The van der Waals surface area contributed by atoms with Crippen molar-refractivity contribution in [1.29, 1.82) is 0 Å². The van der Waals surface area contributed by atoms with E-state index in [1.54, 1.807) is 0 Å². The third-order valence-corrected chi connectivity index (χ3v) is 5.17. The molecule has 118 valence electrons. The molecule has 22 heavy (non-hydrogen) atoms. The molecule has 1 amide bonds. The van der Waals surface area contributed by atoms with Crippen LogP contribution >= 0.6 is 0 Å². The Labute approximate surface area is 128 Å². The Bertz CT molecular complexity index is 693. The zero-order chi connectivity index (χ0) is 15.7. The summed E-state index contributed by atoms with van der Waals surface area (Å²) in [5.74, 6) is -0.859. The minimum Gasteiger partial charge on any atom is -0.368 e. The molecule has 2 atom stereocenters. The van der Waals surface area contributed by atoms with E-state index in [2.05, 4.69) is 0 Å². The minimum atomic E-state index is -3.30. The van der Waals surface area contributed by atoms with Gasteiger partial charge in [0.15, 0.2) is 9.84 Å². The lowest BCUT2D eigenvalue weighted by Gasteiger charge is -2.29. The number of halogens is 1. The van der Waals surface area contributed by atoms with Crippen LogP contribution in [0.5, 0.6) is 0 Å². The molecule has 2 heterocycles. The molecular formula is C15H16FNO4S. The van der Waals surface area contributed by atoms with Crippen molar-refractivity contribution in [2.45, 2.75) is 25.0 Å². The van der Waals surface area contributed by atoms with Crippen LogP contribution in [0.2, 0.25) is 0 Å². The van der Waals surface area contributed by atoms with Crippen LogP contribution in [0.3, 0.4) is 0 Å². The Morgan fingerprint density at radius 3 is 2.55 bits per heavy atom. The molecule has 0 bridgehead atoms. The fourth-order valence-electron chi connectivity index (χ4n) is 2.73. The molecule has 0 N–H and O–H groups in total. The van der Waals surface area contributed by atoms with Crippen LogP contribution in [0.15, 0.2) is 35.7 Å². The van der Waals surface area contributed by atoms with Crippen LogP contribution in [0, 0.1) is 5.82 Å². The highest BCUT2D eigenvalue weighted by Crippen LogP contribution is 2.26. The Morgan fingerprint density at radius 1 is 1.27 bits per heavy atom. The quantitative estimate of drug-likeness (QED) is 0.848. The van der Waals surface area contributed by atoms with E-state index in [1.165, 1.54) is 35.2 Å². The van der Waals surface area contributed by atoms with E-state index < -0.39 is 27.8 Å². The molecule has 2 aliphatic heterocycles. The summed E-state index contributed by atoms with van der Waals surface area (Å²) in [5.41, 5.74) is 0.466. The van der Waals surface area contributed by atoms with E-state index >= 15 is 0 Å². The van der Waals surface area contributed by atoms with E-state index in [0.717, 1.165) is 11.8 Å². The van der Waals surface area contributed by atoms with Crippen molar-refractivity contribution >= 4 is 21.4 Å². The fourth-order valence-corrected chi connectivity index (χ4v) is 4.00. The molecule has 0 unspecified atom stereocenters. The summed E-state index contributed by atoms with van der Waals surface area (Å²) in [6.45, 7) is 0.520. The summed E-state index contributed by atoms with van der Waals surface area (Å²) in [6, 6.07) is 4.85. The van der Waals surface area contributed by atoms with E-state index in [-0.39, 0.29) is 11.7 Å². The van der Waals surface area contributed by atoms with E-state index in [9.17, 15) is 17.6 Å². The molecule has 0 saturated carbocycles. The van der Waals surface area contributed by atoms with Crippen molar-refractivity contribution in [3.63, 3.8) is 0 Å². The van der Waals surface area contributed by atoms with E-state index in [1.807, 2.05) is 0 Å². The molecule has 1 fully saturated rings. The summed E-state index contributed by atoms with van der Waals surface area (Å²) >= 11 is 0. The largest absolute Gasteiger partial charge is 0.368 e. The van der Waals surface area contributed by atoms with Crippen LogP contribution in [-0.2, 0) is 19.4 Å². The van der Waals surface area contributed by atoms with Crippen molar-refractivity contribution in [1.82, 2.24) is 0 Å². The molecule has 2 aliphatic rings. The topological polar surface area (TPSA) is 63.7 Å². The van der Waals surface area contributed by atoms with Crippen molar-refractivity contribution in [2.75, 3.05) is 17.3 Å². The molecule has 0 radical (unpaired) electrons. The molecule has 3 rings (SSSR count). The second-order valence-corrected chi connectivity index (χ2v) is 7.34. The molecule has 1 aromatic rings. The third kappa shape index (κ3) is 3.05. The number of hydrogen-bond acceptors (Lipinski definition) is 4. The second kappa shape index (κ2) is 5.81. The first-order valence-corrected chi connectivity index (χ1v) is 8.79. The average molecular weight is 325 g/mol. The van der Waals surface area contributed by atoms with Gasteiger partial charge in [0.1, 0.15) is 11.9 Å². The van der Waals surface area contributed by atoms with Gasteiger partial charge in [0.05, 0.1) is 11.8 Å². The highest BCUT2D eigenvalue weighted by molar-refractivity contribution is 7.94. The van der Waals surface area contributed by atoms with Crippen molar-refractivity contribution in [3.8, 4) is 0 Å². The molecule has 1 saturated heterocycles. The summed E-state index contributed by atoms with van der Waals surface area (Å²) in [4.78, 5) is 14.1. The van der Waals surface area contributed by atoms with Gasteiger partial charge in [-0.05, 0) is 43.2 Å². The maximum absolute atomic E-state index is 13.1. The number of nitrogens with zero attached hydrogens (tertiary/aromatic N) is 1. The number of benzene rings is 1. The SMILES string of the molecule is O=C([C@@H]1CCCO1)N(c1ccc(F)cc1)[C@H]1C=CS(=O)(=O)C1. The average Bonchev–Trinajstić information content (AvgIpc) is 3.11. The monoisotopic (exact) mass is 325 g/mol. The van der Waals surface area contributed by atoms with Crippen molar-refractivity contribution in [2.24, 2.45) is 0 Å². The zero-order valence-electron chi connectivity index (χ0n) is 11.8. The summed E-state index contributed by atoms with van der Waals surface area (Å²) in [7, 11) is -3.30. The molecule has 5 nitrogen and oxygen atoms in total. The van der Waals surface area contributed by atoms with Crippen LogP contribution in [-0.4, -0.2) is 38.8 Å². The standard InChI is InChI=1S/C15H16FNO4S/c16-11-3-5-12(6-4-11)17(13-7-9-22(19,20)10-13)15(18)14-2-1-8-21-14/h3-7,9,13-14H,1-2,8,10H2/t13-,14-/m0/s1. The first-order chi connectivity index (χ1) is 10.5. The smallest absolute Gasteiger partial charge is 0.256 e. The highest BCUT2D eigenvalue weighted by Gasteiger charge is 2.36. The van der Waals surface area contributed by atoms with Crippen LogP contribution in [0.1, 0.15) is 12.8 Å². The fraction of sp³-hybridized carbons (Fsp3) is 0.400. The predicted molar refractivity (Wildman–Crippen MR) is 79.6 cm³/mol. The van der Waals surface area contributed by atoms with Gasteiger partial charge in [-0.1, -0.05) is 0 Å². The summed E-state index contributed by atoms with van der Waals surface area (Å²) in [6.07, 6.45) is 2.33. The van der Waals surface area contributed by atoms with Gasteiger partial charge in [-0.3, -0.25) is 4.79 Å². The molecule has 1 aromatic carbocycles. The maximum atomic E-state index is 13.1. The number of hydrogen-bond donors (Lipinski definition) is 0. The number of carbonyl (C=O) groups is 1. The number of anilines is 1. The summed E-state index contributed by atoms with van der Waals surface area (Å²) < 4.78 is 41.8. The lowest BCUT2D eigenvalue weighted by Crippen LogP contribution is -2.46. The maximum Gasteiger partial charge on any atom is 0.256 e. The van der Waals surface area contributed by atoms with Gasteiger partial charge >= 0.3 is 0 Å². The van der Waals surface area contributed by atoms with Crippen LogP contribution in [0.25, 0.3) is 0 Å². The molecule has 0 spiro atoms. The molecule has 0 aromatic heterocycles. The van der Waals surface area contributed by atoms with Gasteiger partial charge in [0.25, 0.3) is 5.91 Å². The number of sulfone groups is 1. The zero-order valence-corrected chi connectivity index (χ0v) is 12.6. The molecule has 7 heteroatoms. The van der Waals surface area contributed by atoms with Gasteiger partial charge in [-0.25, -0.2) is 12.8 Å².